The van der Waals surface area contributed by atoms with E-state index in [-0.39, 0.29) is 16.7 Å². The molecule has 0 atom stereocenters. The summed E-state index contributed by atoms with van der Waals surface area (Å²) in [5.74, 6) is 0.495. The topological polar surface area (TPSA) is 49.3 Å². The molecule has 0 unspecified atom stereocenters. The lowest BCUT2D eigenvalue weighted by molar-refractivity contribution is -0.888. The van der Waals surface area contributed by atoms with Crippen LogP contribution in [0.5, 0.6) is 5.75 Å². The lowest BCUT2D eigenvalue weighted by Crippen LogP contribution is -2.41. The number of quaternary nitrogens is 1. The minimum atomic E-state index is -0.146. The van der Waals surface area contributed by atoms with E-state index >= 15 is 0 Å². The molecule has 0 fully saturated rings. The summed E-state index contributed by atoms with van der Waals surface area (Å²) in [5, 5.41) is 13.9. The summed E-state index contributed by atoms with van der Waals surface area (Å²) < 4.78 is 0.981. The lowest BCUT2D eigenvalue weighted by Gasteiger charge is -2.28. The largest absolute Gasteiger partial charge is 0.507 e. The highest BCUT2D eigenvalue weighted by Crippen LogP contribution is 2.39. The second kappa shape index (κ2) is 9.30. The fraction of sp³-hybridized carbons (Fsp3) is 0.708. The second-order valence-electron chi connectivity index (χ2n) is 10.7. The van der Waals surface area contributed by atoms with Crippen LogP contribution in [0.25, 0.3) is 0 Å². The van der Waals surface area contributed by atoms with Gasteiger partial charge >= 0.3 is 0 Å². The van der Waals surface area contributed by atoms with E-state index in [9.17, 15) is 9.90 Å². The van der Waals surface area contributed by atoms with E-state index < -0.39 is 0 Å². The van der Waals surface area contributed by atoms with Crippen molar-refractivity contribution in [2.45, 2.75) is 78.6 Å². The zero-order valence-corrected chi connectivity index (χ0v) is 19.7. The standard InChI is InChI=1S/C24H42N2O2/c1-10-26(8,9)15-11-14-25-21(27)13-12-18-16-19(23(2,3)4)22(28)20(17-18)24(5,6)7/h16-17H,10-15H2,1-9H3,(H-,25,27,28)/p+1. The third-order valence-corrected chi connectivity index (χ3v) is 5.54. The van der Waals surface area contributed by atoms with Gasteiger partial charge in [-0.05, 0) is 40.9 Å². The Kier molecular flexibility index (Phi) is 8.13. The zero-order valence-electron chi connectivity index (χ0n) is 19.7. The molecule has 0 heterocycles. The number of benzene rings is 1. The number of rotatable bonds is 8. The van der Waals surface area contributed by atoms with Crippen LogP contribution in [0.15, 0.2) is 12.1 Å². The molecule has 0 aromatic heterocycles. The summed E-state index contributed by atoms with van der Waals surface area (Å²) in [4.78, 5) is 12.3. The molecule has 28 heavy (non-hydrogen) atoms. The zero-order chi connectivity index (χ0) is 21.8. The molecule has 0 saturated heterocycles. The highest BCUT2D eigenvalue weighted by Gasteiger charge is 2.26. The summed E-state index contributed by atoms with van der Waals surface area (Å²) in [7, 11) is 4.43. The summed E-state index contributed by atoms with van der Waals surface area (Å²) in [5.41, 5.74) is 2.73. The van der Waals surface area contributed by atoms with E-state index in [1.54, 1.807) is 0 Å². The number of carbonyl (C=O) groups is 1. The maximum Gasteiger partial charge on any atom is 0.220 e. The Hall–Kier alpha value is -1.55. The number of hydrogen-bond donors (Lipinski definition) is 2. The van der Waals surface area contributed by atoms with Crippen LogP contribution in [0, 0.1) is 0 Å². The normalized spacial score (nSPS) is 12.9. The third kappa shape index (κ3) is 7.46. The fourth-order valence-electron chi connectivity index (χ4n) is 3.22. The van der Waals surface area contributed by atoms with Crippen LogP contribution in [0.4, 0.5) is 0 Å². The number of aromatic hydroxyl groups is 1. The van der Waals surface area contributed by atoms with Crippen LogP contribution in [-0.2, 0) is 22.0 Å². The Morgan fingerprint density at radius 1 is 1.04 bits per heavy atom. The predicted molar refractivity (Wildman–Crippen MR) is 119 cm³/mol. The Bertz CT molecular complexity index is 629. The van der Waals surface area contributed by atoms with E-state index in [2.05, 4.69) is 80.0 Å². The number of phenolic OH excluding ortho intramolecular Hbond substituents is 1. The van der Waals surface area contributed by atoms with Crippen molar-refractivity contribution in [3.05, 3.63) is 28.8 Å². The maximum absolute atomic E-state index is 12.3. The van der Waals surface area contributed by atoms with Crippen LogP contribution in [0.3, 0.4) is 0 Å². The Morgan fingerprint density at radius 3 is 1.96 bits per heavy atom. The van der Waals surface area contributed by atoms with Crippen molar-refractivity contribution in [1.82, 2.24) is 5.32 Å². The first-order valence-electron chi connectivity index (χ1n) is 10.6. The monoisotopic (exact) mass is 391 g/mol. The Morgan fingerprint density at radius 2 is 1.54 bits per heavy atom. The van der Waals surface area contributed by atoms with E-state index in [0.717, 1.165) is 47.2 Å². The first-order chi connectivity index (χ1) is 12.7. The minimum absolute atomic E-state index is 0.101. The molecular formula is C24H43N2O2+. The van der Waals surface area contributed by atoms with Gasteiger partial charge in [0.05, 0.1) is 27.2 Å². The molecule has 1 rings (SSSR count). The maximum atomic E-state index is 12.3. The molecule has 0 spiro atoms. The SMILES string of the molecule is CC[N+](C)(C)CCCNC(=O)CCc1cc(C(C)(C)C)c(O)c(C(C)(C)C)c1. The van der Waals surface area contributed by atoms with Crippen LogP contribution in [0.2, 0.25) is 0 Å². The number of phenols is 1. The van der Waals surface area contributed by atoms with Crippen molar-refractivity contribution in [1.29, 1.82) is 0 Å². The molecule has 1 aromatic carbocycles. The van der Waals surface area contributed by atoms with E-state index in [0.29, 0.717) is 18.6 Å². The summed E-state index contributed by atoms with van der Waals surface area (Å²) >= 11 is 0. The highest BCUT2D eigenvalue weighted by molar-refractivity contribution is 5.76. The smallest absolute Gasteiger partial charge is 0.220 e. The summed E-state index contributed by atoms with van der Waals surface area (Å²) in [6.45, 7) is 17.8. The van der Waals surface area contributed by atoms with E-state index in [1.165, 1.54) is 0 Å². The predicted octanol–water partition coefficient (Wildman–Crippen LogP) is 4.52. The van der Waals surface area contributed by atoms with E-state index in [1.807, 2.05) is 0 Å². The average molecular weight is 392 g/mol. The number of carbonyl (C=O) groups excluding carboxylic acids is 1. The number of nitrogens with zero attached hydrogens (tertiary/aromatic N) is 1. The first kappa shape index (κ1) is 24.5. The number of amides is 1. The fourth-order valence-corrected chi connectivity index (χ4v) is 3.22. The second-order valence-corrected chi connectivity index (χ2v) is 10.7. The van der Waals surface area contributed by atoms with Crippen LogP contribution in [-0.4, -0.2) is 49.2 Å². The van der Waals surface area contributed by atoms with Crippen molar-refractivity contribution in [2.75, 3.05) is 33.7 Å². The van der Waals surface area contributed by atoms with Gasteiger partial charge < -0.3 is 14.9 Å². The van der Waals surface area contributed by atoms with Gasteiger partial charge in [0.1, 0.15) is 5.75 Å². The van der Waals surface area contributed by atoms with Crippen LogP contribution in [0.1, 0.15) is 78.0 Å². The highest BCUT2D eigenvalue weighted by atomic mass is 16.3. The Balaban J connectivity index is 2.77. The molecule has 0 saturated carbocycles. The first-order valence-corrected chi connectivity index (χ1v) is 10.6. The number of aryl methyl sites for hydroxylation is 1. The molecule has 1 aromatic rings. The van der Waals surface area contributed by atoms with Gasteiger partial charge in [0.2, 0.25) is 5.91 Å². The van der Waals surface area contributed by atoms with Crippen molar-refractivity contribution in [3.8, 4) is 5.75 Å². The molecule has 2 N–H and O–H groups in total. The molecule has 4 nitrogen and oxygen atoms in total. The molecule has 4 heteroatoms. The minimum Gasteiger partial charge on any atom is -0.507 e. The van der Waals surface area contributed by atoms with Crippen molar-refractivity contribution < 1.29 is 14.4 Å². The van der Waals surface area contributed by atoms with E-state index in [4.69, 9.17) is 0 Å². The molecule has 0 bridgehead atoms. The van der Waals surface area contributed by atoms with Crippen LogP contribution < -0.4 is 5.32 Å². The van der Waals surface area contributed by atoms with Crippen molar-refractivity contribution >= 4 is 5.91 Å². The van der Waals surface area contributed by atoms with Gasteiger partial charge in [0, 0.05) is 19.4 Å². The van der Waals surface area contributed by atoms with Crippen molar-refractivity contribution in [3.63, 3.8) is 0 Å². The molecular weight excluding hydrogens is 348 g/mol. The lowest BCUT2D eigenvalue weighted by atomic mass is 9.78. The molecule has 160 valence electrons. The van der Waals surface area contributed by atoms with Gasteiger partial charge in [-0.3, -0.25) is 4.79 Å². The third-order valence-electron chi connectivity index (χ3n) is 5.54. The van der Waals surface area contributed by atoms with Gasteiger partial charge in [-0.2, -0.15) is 0 Å². The quantitative estimate of drug-likeness (QED) is 0.505. The molecule has 0 aliphatic carbocycles. The van der Waals surface area contributed by atoms with Gasteiger partial charge in [0.25, 0.3) is 0 Å². The van der Waals surface area contributed by atoms with Gasteiger partial charge in [-0.15, -0.1) is 0 Å². The summed E-state index contributed by atoms with van der Waals surface area (Å²) in [6.07, 6.45) is 2.16. The van der Waals surface area contributed by atoms with Crippen molar-refractivity contribution in [2.24, 2.45) is 0 Å². The average Bonchev–Trinajstić information content (AvgIpc) is 2.55. The Labute approximate surface area is 172 Å². The number of nitrogens with one attached hydrogen (secondary N) is 1. The molecule has 0 radical (unpaired) electrons. The number of hydrogen-bond acceptors (Lipinski definition) is 2. The molecule has 0 aliphatic rings. The van der Waals surface area contributed by atoms with Gasteiger partial charge in [0.15, 0.2) is 0 Å². The van der Waals surface area contributed by atoms with Gasteiger partial charge in [-0.1, -0.05) is 53.7 Å². The summed E-state index contributed by atoms with van der Waals surface area (Å²) in [6, 6.07) is 4.14. The van der Waals surface area contributed by atoms with Gasteiger partial charge in [-0.25, -0.2) is 0 Å². The molecule has 1 amide bonds. The van der Waals surface area contributed by atoms with Crippen LogP contribution >= 0.6 is 0 Å². The molecule has 0 aliphatic heterocycles.